The zero-order valence-corrected chi connectivity index (χ0v) is 16.7. The lowest BCUT2D eigenvalue weighted by Gasteiger charge is -2.09. The van der Waals surface area contributed by atoms with Crippen LogP contribution in [0.5, 0.6) is 0 Å². The van der Waals surface area contributed by atoms with Crippen LogP contribution in [0.1, 0.15) is 15.9 Å². The summed E-state index contributed by atoms with van der Waals surface area (Å²) in [5.41, 5.74) is 3.77. The van der Waals surface area contributed by atoms with Gasteiger partial charge in [0.2, 0.25) is 0 Å². The molecule has 0 aliphatic rings. The molecule has 9 heteroatoms. The van der Waals surface area contributed by atoms with Gasteiger partial charge in [0, 0.05) is 15.2 Å². The van der Waals surface area contributed by atoms with Crippen LogP contribution < -0.4 is 10.8 Å². The molecule has 0 radical (unpaired) electrons. The van der Waals surface area contributed by atoms with E-state index < -0.39 is 11.7 Å². The molecule has 2 aromatic heterocycles. The van der Waals surface area contributed by atoms with Gasteiger partial charge in [-0.15, -0.1) is 0 Å². The lowest BCUT2D eigenvalue weighted by Crippen LogP contribution is -2.25. The smallest absolute Gasteiger partial charge is 0.278 e. The third-order valence-electron chi connectivity index (χ3n) is 3.45. The molecule has 2 heterocycles. The van der Waals surface area contributed by atoms with E-state index in [9.17, 15) is 9.18 Å². The fraction of sp³-hybridized carbons (Fsp3) is 0.176. The zero-order chi connectivity index (χ0) is 18.7. The summed E-state index contributed by atoms with van der Waals surface area (Å²) in [5, 5.41) is 12.9. The summed E-state index contributed by atoms with van der Waals surface area (Å²) in [7, 11) is 0. The largest absolute Gasteiger partial charge is 0.394 e. The zero-order valence-electron chi connectivity index (χ0n) is 13.7. The summed E-state index contributed by atoms with van der Waals surface area (Å²) in [4.78, 5) is 22.5. The second-order valence-electron chi connectivity index (χ2n) is 5.42. The number of nitrogens with zero attached hydrogens (tertiary/aromatic N) is 1. The molecule has 0 aliphatic carbocycles. The van der Waals surface area contributed by atoms with Crippen LogP contribution in [0.3, 0.4) is 0 Å². The van der Waals surface area contributed by atoms with E-state index in [1.54, 1.807) is 18.3 Å². The molecule has 0 spiro atoms. The highest BCUT2D eigenvalue weighted by atomic mass is 127. The fourth-order valence-corrected chi connectivity index (χ4v) is 3.82. The van der Waals surface area contributed by atoms with Gasteiger partial charge in [0.15, 0.2) is 0 Å². The number of aromatic nitrogens is 1. The molecule has 0 saturated heterocycles. The molecule has 0 aliphatic heterocycles. The van der Waals surface area contributed by atoms with Crippen molar-refractivity contribution in [2.75, 3.05) is 18.5 Å². The third kappa shape index (κ3) is 4.11. The maximum absolute atomic E-state index is 14.2. The number of halogens is 2. The Labute approximate surface area is 166 Å². The van der Waals surface area contributed by atoms with Gasteiger partial charge in [-0.25, -0.2) is 14.9 Å². The third-order valence-corrected chi connectivity index (χ3v) is 5.15. The van der Waals surface area contributed by atoms with Crippen molar-refractivity contribution in [1.82, 2.24) is 10.5 Å². The number of carbonyl (C=O) groups is 1. The van der Waals surface area contributed by atoms with E-state index in [0.717, 1.165) is 9.13 Å². The van der Waals surface area contributed by atoms with Crippen LogP contribution in [0, 0.1) is 16.3 Å². The van der Waals surface area contributed by atoms with Gasteiger partial charge in [-0.3, -0.25) is 9.63 Å². The molecule has 0 saturated carbocycles. The summed E-state index contributed by atoms with van der Waals surface area (Å²) in [6.45, 7) is 1.63. The first-order valence-electron chi connectivity index (χ1n) is 7.64. The number of nitrogens with one attached hydrogen (secondary N) is 2. The molecule has 26 heavy (non-hydrogen) atoms. The summed E-state index contributed by atoms with van der Waals surface area (Å²) in [6, 6.07) is 6.63. The highest BCUT2D eigenvalue weighted by Gasteiger charge is 2.21. The second kappa shape index (κ2) is 8.25. The van der Waals surface area contributed by atoms with Crippen LogP contribution in [0.2, 0.25) is 0 Å². The summed E-state index contributed by atoms with van der Waals surface area (Å²) in [5.74, 6) is -0.910. The van der Waals surface area contributed by atoms with Crippen LogP contribution >= 0.6 is 33.9 Å². The Morgan fingerprint density at radius 1 is 1.42 bits per heavy atom. The predicted octanol–water partition coefficient (Wildman–Crippen LogP) is 3.75. The van der Waals surface area contributed by atoms with Crippen molar-refractivity contribution in [3.63, 3.8) is 0 Å². The average molecular weight is 487 g/mol. The Morgan fingerprint density at radius 3 is 2.96 bits per heavy atom. The SMILES string of the molecule is Cc1cnc2sc(Nc3ccc(I)cc3F)c(C(=O)NOCCO)c2c1. The maximum atomic E-state index is 14.2. The molecule has 136 valence electrons. The number of hydrogen-bond acceptors (Lipinski definition) is 6. The molecule has 3 rings (SSSR count). The van der Waals surface area contributed by atoms with E-state index >= 15 is 0 Å². The molecule has 1 aromatic carbocycles. The number of hydroxylamine groups is 1. The lowest BCUT2D eigenvalue weighted by atomic mass is 10.1. The Hall–Kier alpha value is -1.82. The van der Waals surface area contributed by atoms with Crippen molar-refractivity contribution in [2.24, 2.45) is 0 Å². The van der Waals surface area contributed by atoms with Crippen LogP contribution in [0.25, 0.3) is 10.2 Å². The minimum absolute atomic E-state index is 0.0282. The molecule has 0 fully saturated rings. The first-order chi connectivity index (χ1) is 12.5. The van der Waals surface area contributed by atoms with Crippen molar-refractivity contribution in [1.29, 1.82) is 0 Å². The Bertz CT molecular complexity index is 964. The van der Waals surface area contributed by atoms with Gasteiger partial charge >= 0.3 is 0 Å². The molecular formula is C17H15FIN3O3S. The summed E-state index contributed by atoms with van der Waals surface area (Å²) < 4.78 is 15.0. The van der Waals surface area contributed by atoms with Crippen molar-refractivity contribution >= 4 is 60.7 Å². The molecule has 0 atom stereocenters. The Morgan fingerprint density at radius 2 is 2.23 bits per heavy atom. The number of fused-ring (bicyclic) bond motifs is 1. The second-order valence-corrected chi connectivity index (χ2v) is 7.67. The van der Waals surface area contributed by atoms with Crippen LogP contribution in [-0.2, 0) is 4.84 Å². The number of pyridine rings is 1. The predicted molar refractivity (Wildman–Crippen MR) is 107 cm³/mol. The van der Waals surface area contributed by atoms with Crippen molar-refractivity contribution in [3.05, 3.63) is 51.0 Å². The Kier molecular flexibility index (Phi) is 6.01. The molecule has 6 nitrogen and oxygen atoms in total. The maximum Gasteiger partial charge on any atom is 0.278 e. The minimum Gasteiger partial charge on any atom is -0.394 e. The van der Waals surface area contributed by atoms with E-state index in [0.29, 0.717) is 20.8 Å². The number of rotatable bonds is 6. The average Bonchev–Trinajstić information content (AvgIpc) is 2.94. The number of aliphatic hydroxyl groups is 1. The number of aryl methyl sites for hydroxylation is 1. The van der Waals surface area contributed by atoms with Gasteiger partial charge in [-0.05, 0) is 59.3 Å². The minimum atomic E-state index is -0.495. The van der Waals surface area contributed by atoms with E-state index in [-0.39, 0.29) is 18.9 Å². The fourth-order valence-electron chi connectivity index (χ4n) is 2.33. The van der Waals surface area contributed by atoms with Crippen molar-refractivity contribution < 1.29 is 19.1 Å². The number of hydrogen-bond donors (Lipinski definition) is 3. The normalized spacial score (nSPS) is 10.9. The number of benzene rings is 1. The molecular weight excluding hydrogens is 472 g/mol. The molecule has 3 aromatic rings. The quantitative estimate of drug-likeness (QED) is 0.280. The lowest BCUT2D eigenvalue weighted by molar-refractivity contribution is 0.0170. The van der Waals surface area contributed by atoms with Gasteiger partial charge in [0.05, 0.1) is 24.5 Å². The van der Waals surface area contributed by atoms with E-state index in [1.807, 2.05) is 35.6 Å². The van der Waals surface area contributed by atoms with Gasteiger partial charge in [-0.1, -0.05) is 11.3 Å². The monoisotopic (exact) mass is 487 g/mol. The molecule has 1 amide bonds. The van der Waals surface area contributed by atoms with E-state index in [4.69, 9.17) is 9.94 Å². The first kappa shape index (κ1) is 19.0. The number of thiophene rings is 1. The van der Waals surface area contributed by atoms with Gasteiger partial charge in [-0.2, -0.15) is 0 Å². The number of carbonyl (C=O) groups excluding carboxylic acids is 1. The molecule has 3 N–H and O–H groups in total. The number of anilines is 2. The van der Waals surface area contributed by atoms with Crippen molar-refractivity contribution in [2.45, 2.75) is 6.92 Å². The van der Waals surface area contributed by atoms with Gasteiger partial charge in [0.25, 0.3) is 5.91 Å². The van der Waals surface area contributed by atoms with Gasteiger partial charge in [0.1, 0.15) is 15.6 Å². The van der Waals surface area contributed by atoms with E-state index in [2.05, 4.69) is 15.8 Å². The summed E-state index contributed by atoms with van der Waals surface area (Å²) >= 11 is 3.28. The number of aliphatic hydroxyl groups excluding tert-OH is 1. The standard InChI is InChI=1S/C17H15FIN3O3S/c1-9-6-11-14(15(24)22-25-5-4-23)17(26-16(11)20-8-9)21-13-3-2-10(19)7-12(13)18/h2-3,6-8,21,23H,4-5H2,1H3,(H,22,24). The topological polar surface area (TPSA) is 83.5 Å². The Balaban J connectivity index is 2.03. The molecule has 0 unspecified atom stereocenters. The van der Waals surface area contributed by atoms with Crippen molar-refractivity contribution in [3.8, 4) is 0 Å². The van der Waals surface area contributed by atoms with E-state index in [1.165, 1.54) is 17.4 Å². The van der Waals surface area contributed by atoms with Crippen LogP contribution in [0.4, 0.5) is 15.1 Å². The van der Waals surface area contributed by atoms with Crippen LogP contribution in [-0.4, -0.2) is 29.2 Å². The molecule has 0 bridgehead atoms. The van der Waals surface area contributed by atoms with Crippen LogP contribution in [0.15, 0.2) is 30.5 Å². The number of amides is 1. The van der Waals surface area contributed by atoms with Gasteiger partial charge < -0.3 is 10.4 Å². The highest BCUT2D eigenvalue weighted by Crippen LogP contribution is 2.37. The summed E-state index contributed by atoms with van der Waals surface area (Å²) in [6.07, 6.45) is 1.71. The highest BCUT2D eigenvalue weighted by molar-refractivity contribution is 14.1. The first-order valence-corrected chi connectivity index (χ1v) is 9.53.